The number of anilines is 1. The van der Waals surface area contributed by atoms with Crippen LogP contribution in [0.2, 0.25) is 5.02 Å². The molecule has 4 nitrogen and oxygen atoms in total. The lowest BCUT2D eigenvalue weighted by Gasteiger charge is -2.06. The van der Waals surface area contributed by atoms with E-state index in [2.05, 4.69) is 10.4 Å². The third kappa shape index (κ3) is 2.39. The van der Waals surface area contributed by atoms with Crippen LogP contribution in [-0.2, 0) is 6.42 Å². The molecule has 20 heavy (non-hydrogen) atoms. The number of aromatic nitrogens is 2. The van der Waals surface area contributed by atoms with Crippen LogP contribution in [0.3, 0.4) is 0 Å². The van der Waals surface area contributed by atoms with Gasteiger partial charge in [-0.3, -0.25) is 0 Å². The van der Waals surface area contributed by atoms with Gasteiger partial charge in [0.15, 0.2) is 5.11 Å². The highest BCUT2D eigenvalue weighted by molar-refractivity contribution is 7.80. The summed E-state index contributed by atoms with van der Waals surface area (Å²) in [5.41, 5.74) is 8.84. The fourth-order valence-electron chi connectivity index (χ4n) is 2.53. The number of fused-ring (bicyclic) bond motifs is 1. The highest BCUT2D eigenvalue weighted by Gasteiger charge is 2.21. The van der Waals surface area contributed by atoms with Crippen LogP contribution in [0.5, 0.6) is 0 Å². The van der Waals surface area contributed by atoms with E-state index in [0.29, 0.717) is 5.02 Å². The largest absolute Gasteiger partial charge is 0.374 e. The molecule has 0 aliphatic carbocycles. The summed E-state index contributed by atoms with van der Waals surface area (Å²) < 4.78 is 1.62. The fourth-order valence-corrected chi connectivity index (χ4v) is 2.85. The van der Waals surface area contributed by atoms with Crippen LogP contribution >= 0.6 is 23.8 Å². The lowest BCUT2D eigenvalue weighted by atomic mass is 10.0. The second-order valence-electron chi connectivity index (χ2n) is 4.82. The fraction of sp³-hybridized carbons (Fsp3) is 0.286. The lowest BCUT2D eigenvalue weighted by molar-refractivity contribution is 0.782. The maximum absolute atomic E-state index is 6.08. The third-order valence-corrected chi connectivity index (χ3v) is 3.84. The Labute approximate surface area is 127 Å². The number of thiocarbonyl (C=S) groups is 1. The Hall–Kier alpha value is -1.59. The smallest absolute Gasteiger partial charge is 0.193 e. The number of hydrogen-bond acceptors (Lipinski definition) is 3. The van der Waals surface area contributed by atoms with Gasteiger partial charge >= 0.3 is 0 Å². The summed E-state index contributed by atoms with van der Waals surface area (Å²) in [5, 5.41) is 8.90. The van der Waals surface area contributed by atoms with E-state index in [1.54, 1.807) is 4.68 Å². The molecule has 2 heterocycles. The van der Waals surface area contributed by atoms with Gasteiger partial charge < -0.3 is 11.1 Å². The molecule has 0 amide bonds. The van der Waals surface area contributed by atoms with E-state index < -0.39 is 0 Å². The zero-order valence-electron chi connectivity index (χ0n) is 10.9. The molecule has 1 aliphatic rings. The number of nitrogens with two attached hydrogens (primary N) is 1. The Balaban J connectivity index is 2.18. The van der Waals surface area contributed by atoms with Crippen LogP contribution < -0.4 is 11.1 Å². The molecule has 0 spiro atoms. The van der Waals surface area contributed by atoms with Gasteiger partial charge in [-0.25, -0.2) is 0 Å². The van der Waals surface area contributed by atoms with E-state index in [0.717, 1.165) is 48.4 Å². The standard InChI is InChI=1S/C14H15ClN4S/c15-10-5-3-4-9(8-10)12-11-6-1-2-7-17-13(11)19(18-12)14(16)20/h3-5,8,17H,1-2,6-7H2,(H2,16,20). The number of benzene rings is 1. The molecule has 1 aromatic heterocycles. The number of nitrogens with one attached hydrogen (secondary N) is 1. The predicted molar refractivity (Wildman–Crippen MR) is 86.3 cm³/mol. The average molecular weight is 307 g/mol. The molecule has 0 radical (unpaired) electrons. The van der Waals surface area contributed by atoms with Crippen molar-refractivity contribution in [2.45, 2.75) is 19.3 Å². The minimum absolute atomic E-state index is 0.254. The molecule has 0 fully saturated rings. The molecule has 0 bridgehead atoms. The first kappa shape index (κ1) is 13.4. The molecule has 3 N–H and O–H groups in total. The monoisotopic (exact) mass is 306 g/mol. The van der Waals surface area contributed by atoms with Crippen LogP contribution in [0.15, 0.2) is 24.3 Å². The van der Waals surface area contributed by atoms with Gasteiger partial charge in [-0.15, -0.1) is 0 Å². The normalized spacial score (nSPS) is 14.2. The molecular formula is C14H15ClN4S. The summed E-state index contributed by atoms with van der Waals surface area (Å²) >= 11 is 11.2. The van der Waals surface area contributed by atoms with Crippen LogP contribution in [-0.4, -0.2) is 21.4 Å². The van der Waals surface area contributed by atoms with Gasteiger partial charge in [0.25, 0.3) is 0 Å². The van der Waals surface area contributed by atoms with Crippen LogP contribution in [0.1, 0.15) is 18.4 Å². The first-order chi connectivity index (χ1) is 9.66. The molecule has 0 saturated carbocycles. The van der Waals surface area contributed by atoms with Crippen molar-refractivity contribution in [2.75, 3.05) is 11.9 Å². The minimum Gasteiger partial charge on any atom is -0.374 e. The Morgan fingerprint density at radius 3 is 3.00 bits per heavy atom. The van der Waals surface area contributed by atoms with Gasteiger partial charge in [0.2, 0.25) is 0 Å². The van der Waals surface area contributed by atoms with Gasteiger partial charge in [-0.2, -0.15) is 9.78 Å². The van der Waals surface area contributed by atoms with Gasteiger partial charge in [0, 0.05) is 22.7 Å². The first-order valence-electron chi connectivity index (χ1n) is 6.58. The van der Waals surface area contributed by atoms with Crippen molar-refractivity contribution in [3.63, 3.8) is 0 Å². The summed E-state index contributed by atoms with van der Waals surface area (Å²) in [5.74, 6) is 0.921. The Kier molecular flexibility index (Phi) is 3.63. The van der Waals surface area contributed by atoms with E-state index in [4.69, 9.17) is 29.6 Å². The third-order valence-electron chi connectivity index (χ3n) is 3.44. The van der Waals surface area contributed by atoms with Crippen molar-refractivity contribution in [1.82, 2.24) is 9.78 Å². The van der Waals surface area contributed by atoms with Crippen molar-refractivity contribution in [3.05, 3.63) is 34.9 Å². The Bertz CT molecular complexity index is 665. The molecule has 6 heteroatoms. The van der Waals surface area contributed by atoms with Gasteiger partial charge in [-0.05, 0) is 43.6 Å². The lowest BCUT2D eigenvalue weighted by Crippen LogP contribution is -2.22. The second-order valence-corrected chi connectivity index (χ2v) is 5.67. The maximum Gasteiger partial charge on any atom is 0.193 e. The highest BCUT2D eigenvalue weighted by atomic mass is 35.5. The van der Waals surface area contributed by atoms with Crippen LogP contribution in [0.4, 0.5) is 5.82 Å². The topological polar surface area (TPSA) is 55.9 Å². The predicted octanol–water partition coefficient (Wildman–Crippen LogP) is 3.04. The van der Waals surface area contributed by atoms with Crippen molar-refractivity contribution in [2.24, 2.45) is 5.73 Å². The van der Waals surface area contributed by atoms with E-state index >= 15 is 0 Å². The van der Waals surface area contributed by atoms with Crippen molar-refractivity contribution in [1.29, 1.82) is 0 Å². The zero-order valence-corrected chi connectivity index (χ0v) is 12.5. The van der Waals surface area contributed by atoms with Crippen molar-refractivity contribution in [3.8, 4) is 11.3 Å². The van der Waals surface area contributed by atoms with Crippen molar-refractivity contribution < 1.29 is 0 Å². The summed E-state index contributed by atoms with van der Waals surface area (Å²) in [4.78, 5) is 0. The summed E-state index contributed by atoms with van der Waals surface area (Å²) in [6.45, 7) is 0.913. The van der Waals surface area contributed by atoms with E-state index in [1.807, 2.05) is 24.3 Å². The molecule has 1 aliphatic heterocycles. The average Bonchev–Trinajstić information content (AvgIpc) is 2.61. The van der Waals surface area contributed by atoms with E-state index in [9.17, 15) is 0 Å². The second kappa shape index (κ2) is 5.42. The van der Waals surface area contributed by atoms with E-state index in [1.165, 1.54) is 0 Å². The molecule has 3 rings (SSSR count). The quantitative estimate of drug-likeness (QED) is 0.795. The SMILES string of the molecule is NC(=S)n1nc(-c2cccc(Cl)c2)c2c1NCCCC2. The Morgan fingerprint density at radius 1 is 1.40 bits per heavy atom. The van der Waals surface area contributed by atoms with Crippen LogP contribution in [0, 0.1) is 0 Å². The summed E-state index contributed by atoms with van der Waals surface area (Å²) in [6.07, 6.45) is 3.21. The van der Waals surface area contributed by atoms with Gasteiger partial charge in [0.1, 0.15) is 5.82 Å². The van der Waals surface area contributed by atoms with Gasteiger partial charge in [0.05, 0.1) is 5.69 Å². The first-order valence-corrected chi connectivity index (χ1v) is 7.37. The molecule has 1 aromatic carbocycles. The number of nitrogens with zero attached hydrogens (tertiary/aromatic N) is 2. The zero-order chi connectivity index (χ0) is 14.1. The molecule has 104 valence electrons. The number of hydrogen-bond donors (Lipinski definition) is 2. The summed E-state index contributed by atoms with van der Waals surface area (Å²) in [6, 6.07) is 7.70. The van der Waals surface area contributed by atoms with E-state index in [-0.39, 0.29) is 5.11 Å². The molecule has 0 unspecified atom stereocenters. The highest BCUT2D eigenvalue weighted by Crippen LogP contribution is 2.32. The minimum atomic E-state index is 0.254. The molecule has 2 aromatic rings. The van der Waals surface area contributed by atoms with Gasteiger partial charge in [-0.1, -0.05) is 23.7 Å². The maximum atomic E-state index is 6.08. The Morgan fingerprint density at radius 2 is 2.25 bits per heavy atom. The number of halogens is 1. The molecule has 0 atom stereocenters. The number of rotatable bonds is 1. The van der Waals surface area contributed by atoms with Crippen LogP contribution in [0.25, 0.3) is 11.3 Å². The van der Waals surface area contributed by atoms with Crippen molar-refractivity contribution >= 4 is 34.7 Å². The molecule has 0 saturated heterocycles. The molecular weight excluding hydrogens is 292 g/mol. The summed E-state index contributed by atoms with van der Waals surface area (Å²) in [7, 11) is 0.